The molecule has 7 heteroatoms. The second kappa shape index (κ2) is 9.15. The normalized spacial score (nSPS) is 10.2. The quantitative estimate of drug-likeness (QED) is 0.753. The summed E-state index contributed by atoms with van der Waals surface area (Å²) in [4.78, 5) is 12.1. The van der Waals surface area contributed by atoms with Crippen LogP contribution in [0, 0.1) is 0 Å². The van der Waals surface area contributed by atoms with E-state index in [1.165, 1.54) is 21.3 Å². The standard InChI is InChI=1S/C18H21ClN2O4/c1-23-15-8-14(9-16(24-2)18(15)25-3)21-17(22)11-20-10-12-4-6-13(19)7-5-12/h4-9,20H,10-11H2,1-3H3,(H,21,22). The Balaban J connectivity index is 1.94. The zero-order valence-corrected chi connectivity index (χ0v) is 15.1. The van der Waals surface area contributed by atoms with Crippen LogP contribution in [0.3, 0.4) is 0 Å². The Labute approximate surface area is 152 Å². The summed E-state index contributed by atoms with van der Waals surface area (Å²) in [6, 6.07) is 10.8. The molecule has 0 heterocycles. The summed E-state index contributed by atoms with van der Waals surface area (Å²) in [5, 5.41) is 6.56. The minimum absolute atomic E-state index is 0.166. The molecular formula is C18H21ClN2O4. The fraction of sp³-hybridized carbons (Fsp3) is 0.278. The fourth-order valence-corrected chi connectivity index (χ4v) is 2.41. The number of carbonyl (C=O) groups is 1. The highest BCUT2D eigenvalue weighted by molar-refractivity contribution is 6.30. The first kappa shape index (κ1) is 18.9. The van der Waals surface area contributed by atoms with Gasteiger partial charge in [0.15, 0.2) is 11.5 Å². The Kier molecular flexibility index (Phi) is 6.91. The molecule has 2 rings (SSSR count). The van der Waals surface area contributed by atoms with Crippen LogP contribution in [-0.2, 0) is 11.3 Å². The number of carbonyl (C=O) groups excluding carboxylic acids is 1. The van der Waals surface area contributed by atoms with Crippen molar-refractivity contribution in [2.45, 2.75) is 6.54 Å². The molecule has 0 aromatic heterocycles. The first-order valence-corrected chi connectivity index (χ1v) is 8.00. The second-order valence-electron chi connectivity index (χ2n) is 5.19. The van der Waals surface area contributed by atoms with E-state index in [0.29, 0.717) is 34.5 Å². The molecule has 0 aliphatic rings. The van der Waals surface area contributed by atoms with Crippen molar-refractivity contribution in [1.29, 1.82) is 0 Å². The molecule has 25 heavy (non-hydrogen) atoms. The van der Waals surface area contributed by atoms with E-state index in [9.17, 15) is 4.79 Å². The lowest BCUT2D eigenvalue weighted by Crippen LogP contribution is -2.27. The zero-order chi connectivity index (χ0) is 18.2. The minimum Gasteiger partial charge on any atom is -0.493 e. The van der Waals surface area contributed by atoms with E-state index in [-0.39, 0.29) is 12.5 Å². The van der Waals surface area contributed by atoms with Crippen molar-refractivity contribution in [3.05, 3.63) is 47.0 Å². The molecule has 0 spiro atoms. The molecule has 0 unspecified atom stereocenters. The molecule has 2 N–H and O–H groups in total. The van der Waals surface area contributed by atoms with Crippen LogP contribution in [0.1, 0.15) is 5.56 Å². The van der Waals surface area contributed by atoms with Crippen molar-refractivity contribution >= 4 is 23.2 Å². The number of halogens is 1. The summed E-state index contributed by atoms with van der Waals surface area (Å²) < 4.78 is 15.8. The van der Waals surface area contributed by atoms with Crippen molar-refractivity contribution in [3.8, 4) is 17.2 Å². The van der Waals surface area contributed by atoms with Crippen LogP contribution in [0.4, 0.5) is 5.69 Å². The summed E-state index contributed by atoms with van der Waals surface area (Å²) in [6.45, 7) is 0.735. The van der Waals surface area contributed by atoms with E-state index < -0.39 is 0 Å². The average molecular weight is 365 g/mol. The Morgan fingerprint density at radius 2 is 1.60 bits per heavy atom. The topological polar surface area (TPSA) is 68.8 Å². The van der Waals surface area contributed by atoms with Gasteiger partial charge in [-0.2, -0.15) is 0 Å². The number of nitrogens with one attached hydrogen (secondary N) is 2. The fourth-order valence-electron chi connectivity index (χ4n) is 2.28. The molecule has 0 saturated heterocycles. The molecule has 0 aliphatic carbocycles. The molecule has 6 nitrogen and oxygen atoms in total. The maximum Gasteiger partial charge on any atom is 0.238 e. The summed E-state index contributed by atoms with van der Waals surface area (Å²) >= 11 is 5.84. The molecule has 2 aromatic rings. The smallest absolute Gasteiger partial charge is 0.238 e. The number of hydrogen-bond acceptors (Lipinski definition) is 5. The van der Waals surface area contributed by atoms with Gasteiger partial charge in [0.25, 0.3) is 0 Å². The van der Waals surface area contributed by atoms with Gasteiger partial charge in [0.1, 0.15) is 0 Å². The minimum atomic E-state index is -0.178. The molecule has 0 radical (unpaired) electrons. The van der Waals surface area contributed by atoms with Crippen LogP contribution in [0.15, 0.2) is 36.4 Å². The van der Waals surface area contributed by atoms with Crippen LogP contribution < -0.4 is 24.8 Å². The molecule has 0 aliphatic heterocycles. The lowest BCUT2D eigenvalue weighted by Gasteiger charge is -2.14. The van der Waals surface area contributed by atoms with Crippen molar-refractivity contribution < 1.29 is 19.0 Å². The largest absolute Gasteiger partial charge is 0.493 e. The molecule has 0 saturated carbocycles. The summed E-state index contributed by atoms with van der Waals surface area (Å²) in [6.07, 6.45) is 0. The second-order valence-corrected chi connectivity index (χ2v) is 5.63. The Morgan fingerprint density at radius 3 is 2.12 bits per heavy atom. The van der Waals surface area contributed by atoms with E-state index in [2.05, 4.69) is 10.6 Å². The third kappa shape index (κ3) is 5.27. The van der Waals surface area contributed by atoms with Crippen LogP contribution in [0.2, 0.25) is 5.02 Å². The number of rotatable bonds is 8. The third-order valence-electron chi connectivity index (χ3n) is 3.48. The zero-order valence-electron chi connectivity index (χ0n) is 14.4. The number of hydrogen-bond donors (Lipinski definition) is 2. The molecular weight excluding hydrogens is 344 g/mol. The van der Waals surface area contributed by atoms with Gasteiger partial charge in [0, 0.05) is 29.4 Å². The monoisotopic (exact) mass is 364 g/mol. The Hall–Kier alpha value is -2.44. The van der Waals surface area contributed by atoms with E-state index >= 15 is 0 Å². The van der Waals surface area contributed by atoms with E-state index in [1.807, 2.05) is 24.3 Å². The highest BCUT2D eigenvalue weighted by Crippen LogP contribution is 2.39. The van der Waals surface area contributed by atoms with Gasteiger partial charge < -0.3 is 24.8 Å². The van der Waals surface area contributed by atoms with Gasteiger partial charge in [0.2, 0.25) is 11.7 Å². The maximum atomic E-state index is 12.1. The predicted molar refractivity (Wildman–Crippen MR) is 97.9 cm³/mol. The lowest BCUT2D eigenvalue weighted by molar-refractivity contribution is -0.115. The Bertz CT molecular complexity index is 695. The molecule has 1 amide bonds. The summed E-state index contributed by atoms with van der Waals surface area (Å²) in [5.41, 5.74) is 1.61. The van der Waals surface area contributed by atoms with Crippen LogP contribution in [0.25, 0.3) is 0 Å². The SMILES string of the molecule is COc1cc(NC(=O)CNCc2ccc(Cl)cc2)cc(OC)c1OC. The number of amides is 1. The summed E-state index contributed by atoms with van der Waals surface area (Å²) in [5.74, 6) is 1.25. The van der Waals surface area contributed by atoms with E-state index in [0.717, 1.165) is 5.56 Å². The highest BCUT2D eigenvalue weighted by Gasteiger charge is 2.14. The van der Waals surface area contributed by atoms with Gasteiger partial charge in [-0.1, -0.05) is 23.7 Å². The summed E-state index contributed by atoms with van der Waals surface area (Å²) in [7, 11) is 4.58. The van der Waals surface area contributed by atoms with Crippen molar-refractivity contribution in [3.63, 3.8) is 0 Å². The van der Waals surface area contributed by atoms with Crippen LogP contribution in [-0.4, -0.2) is 33.8 Å². The van der Waals surface area contributed by atoms with Crippen LogP contribution >= 0.6 is 11.6 Å². The molecule has 2 aromatic carbocycles. The third-order valence-corrected chi connectivity index (χ3v) is 3.73. The first-order chi connectivity index (χ1) is 12.1. The lowest BCUT2D eigenvalue weighted by atomic mass is 10.2. The van der Waals surface area contributed by atoms with Gasteiger partial charge >= 0.3 is 0 Å². The van der Waals surface area contributed by atoms with Crippen molar-refractivity contribution in [2.24, 2.45) is 0 Å². The highest BCUT2D eigenvalue weighted by atomic mass is 35.5. The number of ether oxygens (including phenoxy) is 3. The molecule has 0 fully saturated rings. The van der Waals surface area contributed by atoms with E-state index in [4.69, 9.17) is 25.8 Å². The number of anilines is 1. The van der Waals surface area contributed by atoms with Gasteiger partial charge in [-0.25, -0.2) is 0 Å². The van der Waals surface area contributed by atoms with Crippen molar-refractivity contribution in [2.75, 3.05) is 33.2 Å². The molecule has 0 atom stereocenters. The van der Waals surface area contributed by atoms with Gasteiger partial charge in [0.05, 0.1) is 27.9 Å². The van der Waals surface area contributed by atoms with Gasteiger partial charge in [-0.05, 0) is 17.7 Å². The number of benzene rings is 2. The molecule has 0 bridgehead atoms. The van der Waals surface area contributed by atoms with Crippen LogP contribution in [0.5, 0.6) is 17.2 Å². The Morgan fingerprint density at radius 1 is 1.00 bits per heavy atom. The first-order valence-electron chi connectivity index (χ1n) is 7.62. The van der Waals surface area contributed by atoms with E-state index in [1.54, 1.807) is 12.1 Å². The number of methoxy groups -OCH3 is 3. The van der Waals surface area contributed by atoms with Gasteiger partial charge in [-0.15, -0.1) is 0 Å². The van der Waals surface area contributed by atoms with Crippen molar-refractivity contribution in [1.82, 2.24) is 5.32 Å². The average Bonchev–Trinajstić information content (AvgIpc) is 2.62. The van der Waals surface area contributed by atoms with Gasteiger partial charge in [-0.3, -0.25) is 4.79 Å². The molecule has 134 valence electrons. The predicted octanol–water partition coefficient (Wildman–Crippen LogP) is 3.09. The maximum absolute atomic E-state index is 12.1.